The van der Waals surface area contributed by atoms with Crippen molar-refractivity contribution in [1.82, 2.24) is 0 Å². The molecular weight excluding hydrogens is 442 g/mol. The molecule has 3 unspecified atom stereocenters. The highest BCUT2D eigenvalue weighted by molar-refractivity contribution is 6.60. The second kappa shape index (κ2) is 10.5. The average molecular weight is 470 g/mol. The van der Waals surface area contributed by atoms with Crippen LogP contribution in [0.3, 0.4) is 0 Å². The fourth-order valence-corrected chi connectivity index (χ4v) is 8.00. The van der Waals surface area contributed by atoms with E-state index in [0.29, 0.717) is 0 Å². The minimum Gasteiger partial charge on any atom is -0.478 e. The van der Waals surface area contributed by atoms with E-state index in [1.54, 1.807) is 0 Å². The zero-order chi connectivity index (χ0) is 24.0. The first-order chi connectivity index (χ1) is 16.5. The lowest BCUT2D eigenvalue weighted by Crippen LogP contribution is -2.52. The number of benzene rings is 3. The van der Waals surface area contributed by atoms with Gasteiger partial charge in [-0.05, 0) is 29.2 Å². The van der Waals surface area contributed by atoms with Gasteiger partial charge in [0.25, 0.3) is 0 Å². The van der Waals surface area contributed by atoms with Gasteiger partial charge in [0.1, 0.15) is 14.7 Å². The minimum absolute atomic E-state index is 0.165. The monoisotopic (exact) mass is 469 g/mol. The number of fused-ring (bicyclic) bond motifs is 1. The van der Waals surface area contributed by atoms with Gasteiger partial charge in [-0.15, -0.1) is 0 Å². The summed E-state index contributed by atoms with van der Waals surface area (Å²) >= 11 is 0. The summed E-state index contributed by atoms with van der Waals surface area (Å²) in [4.78, 5) is 24.0. The molecule has 0 radical (unpaired) electrons. The summed E-state index contributed by atoms with van der Waals surface area (Å²) in [5.41, 5.74) is 0.874. The number of carbonyl (C=O) groups excluding carboxylic acids is 1. The number of nitrogens with zero attached hydrogens (tertiary/aromatic N) is 1. The van der Waals surface area contributed by atoms with E-state index >= 15 is 0 Å². The highest BCUT2D eigenvalue weighted by Crippen LogP contribution is 2.45. The first kappa shape index (κ1) is 23.5. The van der Waals surface area contributed by atoms with Crippen LogP contribution in [-0.2, 0) is 19.6 Å². The number of carbonyl (C=O) groups is 2. The highest BCUT2D eigenvalue weighted by atomic mass is 28.2. The average Bonchev–Trinajstić information content (AvgIpc) is 2.87. The first-order valence-corrected chi connectivity index (χ1v) is 13.0. The molecule has 0 spiro atoms. The molecule has 0 saturated heterocycles. The van der Waals surface area contributed by atoms with E-state index in [9.17, 15) is 14.9 Å². The second-order valence-electron chi connectivity index (χ2n) is 8.79. The first-order valence-electron chi connectivity index (χ1n) is 11.6. The molecule has 172 valence electrons. The van der Waals surface area contributed by atoms with Crippen molar-refractivity contribution in [2.24, 2.45) is 11.8 Å². The molecule has 6 heteroatoms. The predicted octanol–water partition coefficient (Wildman–Crippen LogP) is 4.00. The van der Waals surface area contributed by atoms with Crippen LogP contribution in [0.25, 0.3) is 10.8 Å². The molecule has 0 bridgehead atoms. The van der Waals surface area contributed by atoms with E-state index in [1.165, 1.54) is 0 Å². The maximum Gasteiger partial charge on any atom is 0.331 e. The fraction of sp³-hybridized carbons (Fsp3) is 0.250. The quantitative estimate of drug-likeness (QED) is 0.321. The van der Waals surface area contributed by atoms with Crippen LogP contribution in [0.4, 0.5) is 0 Å². The van der Waals surface area contributed by atoms with Gasteiger partial charge in [0.15, 0.2) is 0 Å². The van der Waals surface area contributed by atoms with Crippen molar-refractivity contribution < 1.29 is 19.4 Å². The van der Waals surface area contributed by atoms with Crippen LogP contribution in [0, 0.1) is 23.2 Å². The van der Waals surface area contributed by atoms with E-state index in [0.717, 1.165) is 59.4 Å². The molecule has 0 amide bonds. The van der Waals surface area contributed by atoms with Gasteiger partial charge < -0.3 is 9.84 Å². The van der Waals surface area contributed by atoms with Crippen molar-refractivity contribution >= 4 is 37.4 Å². The van der Waals surface area contributed by atoms with Crippen molar-refractivity contribution in [3.8, 4) is 6.07 Å². The van der Waals surface area contributed by atoms with E-state index in [1.807, 2.05) is 48.5 Å². The predicted molar refractivity (Wildman–Crippen MR) is 134 cm³/mol. The summed E-state index contributed by atoms with van der Waals surface area (Å²) in [5.74, 6) is -2.31. The van der Waals surface area contributed by atoms with Gasteiger partial charge >= 0.3 is 11.9 Å². The summed E-state index contributed by atoms with van der Waals surface area (Å²) in [6.45, 7) is 0. The molecule has 0 heterocycles. The Labute approximate surface area is 201 Å². The maximum atomic E-state index is 13.0. The lowest BCUT2D eigenvalue weighted by Gasteiger charge is -2.44. The van der Waals surface area contributed by atoms with Gasteiger partial charge in [-0.25, -0.2) is 9.59 Å². The normalized spacial score (nSPS) is 20.2. The number of ether oxygens (including phenoxy) is 1. The number of nitriles is 1. The zero-order valence-corrected chi connectivity index (χ0v) is 20.3. The number of esters is 1. The van der Waals surface area contributed by atoms with E-state index < -0.39 is 26.7 Å². The SMILES string of the molecule is N#CC1CCCCC1C(OC(=O)/C=C/C(=O)O)([SiH2]c1cccc2ccccc12)c1ccccc1. The van der Waals surface area contributed by atoms with Crippen LogP contribution in [0.1, 0.15) is 31.2 Å². The number of carboxylic acid groups (broad SMARTS) is 1. The maximum absolute atomic E-state index is 13.0. The molecular formula is C28H27NO4Si. The molecule has 1 saturated carbocycles. The molecule has 0 aliphatic heterocycles. The Hall–Kier alpha value is -3.69. The summed E-state index contributed by atoms with van der Waals surface area (Å²) in [5, 5.41) is 21.5. The number of aliphatic carboxylic acids is 1. The Kier molecular flexibility index (Phi) is 7.24. The molecule has 3 aromatic rings. The molecule has 3 aromatic carbocycles. The van der Waals surface area contributed by atoms with Crippen molar-refractivity contribution in [3.63, 3.8) is 0 Å². The standard InChI is InChI=1S/C28H27NO4Si/c29-19-21-10-5-7-15-24(21)28(22-12-2-1-3-13-22,33-27(32)18-17-26(30)31)34-25-16-8-11-20-9-4-6-14-23(20)25/h1-4,6,8-9,11-14,16-18,21,24H,5,7,10,15,34H2,(H,30,31)/b18-17+. The molecule has 0 aromatic heterocycles. The van der Waals surface area contributed by atoms with Gasteiger partial charge in [0.2, 0.25) is 0 Å². The Balaban J connectivity index is 1.90. The molecule has 4 rings (SSSR count). The summed E-state index contributed by atoms with van der Waals surface area (Å²) in [6, 6.07) is 26.5. The third-order valence-corrected chi connectivity index (χ3v) is 9.37. The van der Waals surface area contributed by atoms with Crippen molar-refractivity contribution in [1.29, 1.82) is 5.26 Å². The van der Waals surface area contributed by atoms with Crippen LogP contribution >= 0.6 is 0 Å². The zero-order valence-electron chi connectivity index (χ0n) is 18.9. The Morgan fingerprint density at radius 3 is 2.44 bits per heavy atom. The van der Waals surface area contributed by atoms with Crippen LogP contribution in [0.5, 0.6) is 0 Å². The third-order valence-electron chi connectivity index (χ3n) is 6.77. The molecule has 1 N–H and O–H groups in total. The number of rotatable bonds is 7. The van der Waals surface area contributed by atoms with Crippen molar-refractivity contribution in [3.05, 3.63) is 90.5 Å². The number of carboxylic acids is 1. The third kappa shape index (κ3) is 4.95. The summed E-state index contributed by atoms with van der Waals surface area (Å²) < 4.78 is 6.32. The van der Waals surface area contributed by atoms with Crippen LogP contribution in [-0.4, -0.2) is 26.6 Å². The topological polar surface area (TPSA) is 87.4 Å². The lowest BCUT2D eigenvalue weighted by atomic mass is 9.74. The van der Waals surface area contributed by atoms with Crippen molar-refractivity contribution in [2.45, 2.75) is 30.9 Å². The van der Waals surface area contributed by atoms with Gasteiger partial charge in [-0.1, -0.05) is 90.8 Å². The van der Waals surface area contributed by atoms with Gasteiger partial charge in [-0.3, -0.25) is 0 Å². The highest BCUT2D eigenvalue weighted by Gasteiger charge is 2.48. The van der Waals surface area contributed by atoms with Crippen molar-refractivity contribution in [2.75, 3.05) is 0 Å². The van der Waals surface area contributed by atoms with Gasteiger partial charge in [-0.2, -0.15) is 5.26 Å². The van der Waals surface area contributed by atoms with Crippen LogP contribution < -0.4 is 5.19 Å². The number of hydrogen-bond donors (Lipinski definition) is 1. The lowest BCUT2D eigenvalue weighted by molar-refractivity contribution is -0.153. The fourth-order valence-electron chi connectivity index (χ4n) is 5.26. The smallest absolute Gasteiger partial charge is 0.331 e. The van der Waals surface area contributed by atoms with Crippen LogP contribution in [0.2, 0.25) is 0 Å². The van der Waals surface area contributed by atoms with Gasteiger partial charge in [0.05, 0.1) is 12.0 Å². The molecule has 5 nitrogen and oxygen atoms in total. The molecule has 1 aliphatic carbocycles. The van der Waals surface area contributed by atoms with E-state index in [2.05, 4.69) is 30.3 Å². The molecule has 34 heavy (non-hydrogen) atoms. The minimum atomic E-state index is -1.37. The number of hydrogen-bond acceptors (Lipinski definition) is 4. The summed E-state index contributed by atoms with van der Waals surface area (Å²) in [6.07, 6.45) is 5.26. The van der Waals surface area contributed by atoms with Crippen LogP contribution in [0.15, 0.2) is 84.9 Å². The Morgan fingerprint density at radius 1 is 0.971 bits per heavy atom. The van der Waals surface area contributed by atoms with E-state index in [4.69, 9.17) is 9.84 Å². The summed E-state index contributed by atoms with van der Waals surface area (Å²) in [7, 11) is -1.37. The van der Waals surface area contributed by atoms with E-state index in [-0.39, 0.29) is 11.8 Å². The molecule has 3 atom stereocenters. The molecule has 1 fully saturated rings. The Morgan fingerprint density at radius 2 is 1.68 bits per heavy atom. The second-order valence-corrected chi connectivity index (χ2v) is 11.0. The van der Waals surface area contributed by atoms with Gasteiger partial charge in [0, 0.05) is 18.1 Å². The molecule has 1 aliphatic rings. The largest absolute Gasteiger partial charge is 0.478 e. The Bertz CT molecular complexity index is 1240.